The minimum absolute atomic E-state index is 0.0377. The summed E-state index contributed by atoms with van der Waals surface area (Å²) >= 11 is 0. The minimum atomic E-state index is -0.591. The number of hydrogen-bond acceptors (Lipinski definition) is 5. The van der Waals surface area contributed by atoms with Crippen LogP contribution in [0.25, 0.3) is 23.0 Å². The van der Waals surface area contributed by atoms with Gasteiger partial charge in [0.05, 0.1) is 5.69 Å². The Balaban J connectivity index is 1.93. The molecule has 146 valence electrons. The maximum Gasteiger partial charge on any atom is 0.271 e. The summed E-state index contributed by atoms with van der Waals surface area (Å²) in [5.41, 5.74) is 3.66. The quantitative estimate of drug-likeness (QED) is 0.502. The minimum Gasteiger partial charge on any atom is -0.277 e. The third kappa shape index (κ3) is 3.20. The van der Waals surface area contributed by atoms with Crippen LogP contribution >= 0.6 is 0 Å². The first-order valence-electron chi connectivity index (χ1n) is 9.22. The van der Waals surface area contributed by atoms with Gasteiger partial charge in [-0.25, -0.2) is 4.68 Å². The molecule has 30 heavy (non-hydrogen) atoms. The Kier molecular flexibility index (Phi) is 4.82. The Morgan fingerprint density at radius 1 is 1.03 bits per heavy atom. The molecule has 7 heteroatoms. The van der Waals surface area contributed by atoms with Gasteiger partial charge in [-0.15, -0.1) is 0 Å². The number of nitriles is 1. The number of para-hydroxylation sites is 1. The number of amides is 2. The van der Waals surface area contributed by atoms with Crippen LogP contribution < -0.4 is 0 Å². The Morgan fingerprint density at radius 2 is 1.73 bits per heavy atom. The number of carbonyl (C=O) groups excluding carboxylic acids is 2. The van der Waals surface area contributed by atoms with E-state index < -0.39 is 11.8 Å². The third-order valence-corrected chi connectivity index (χ3v) is 4.96. The zero-order valence-corrected chi connectivity index (χ0v) is 16.4. The van der Waals surface area contributed by atoms with Crippen LogP contribution in [0.1, 0.15) is 12.5 Å². The van der Waals surface area contributed by atoms with Gasteiger partial charge in [-0.1, -0.05) is 18.2 Å². The van der Waals surface area contributed by atoms with E-state index in [0.29, 0.717) is 16.8 Å². The number of hydrogen-bond donors (Lipinski definition) is 0. The van der Waals surface area contributed by atoms with Crippen LogP contribution in [0, 0.1) is 11.3 Å². The van der Waals surface area contributed by atoms with Crippen molar-refractivity contribution in [2.75, 3.05) is 7.05 Å². The van der Waals surface area contributed by atoms with Gasteiger partial charge in [-0.3, -0.25) is 19.5 Å². The molecule has 0 aliphatic carbocycles. The van der Waals surface area contributed by atoms with Crippen LogP contribution in [0.4, 0.5) is 0 Å². The van der Waals surface area contributed by atoms with Gasteiger partial charge in [-0.2, -0.15) is 10.4 Å². The number of carbonyl (C=O) groups is 2. The van der Waals surface area contributed by atoms with Gasteiger partial charge in [0.15, 0.2) is 0 Å². The number of nitrogens with zero attached hydrogens (tertiary/aromatic N) is 5. The number of imide groups is 1. The molecule has 2 amide bonds. The Labute approximate surface area is 173 Å². The van der Waals surface area contributed by atoms with Crippen LogP contribution in [-0.4, -0.2) is 38.5 Å². The normalized spacial score (nSPS) is 15.6. The van der Waals surface area contributed by atoms with Crippen molar-refractivity contribution in [1.29, 1.82) is 5.26 Å². The molecule has 0 unspecified atom stereocenters. The zero-order valence-electron chi connectivity index (χ0n) is 16.4. The molecule has 4 rings (SSSR count). The Bertz CT molecular complexity index is 1250. The van der Waals surface area contributed by atoms with E-state index in [1.54, 1.807) is 30.1 Å². The van der Waals surface area contributed by atoms with Gasteiger partial charge in [0.1, 0.15) is 17.3 Å². The van der Waals surface area contributed by atoms with Crippen LogP contribution in [0.2, 0.25) is 0 Å². The second-order valence-electron chi connectivity index (χ2n) is 6.79. The highest BCUT2D eigenvalue weighted by Crippen LogP contribution is 2.30. The maximum absolute atomic E-state index is 12.8. The van der Waals surface area contributed by atoms with Gasteiger partial charge in [0.2, 0.25) is 0 Å². The lowest BCUT2D eigenvalue weighted by Gasteiger charge is -2.23. The van der Waals surface area contributed by atoms with Crippen molar-refractivity contribution in [2.24, 2.45) is 0 Å². The number of rotatable bonds is 3. The number of benzene rings is 1. The zero-order chi connectivity index (χ0) is 21.3. The van der Waals surface area contributed by atoms with Crippen molar-refractivity contribution >= 4 is 17.9 Å². The first-order chi connectivity index (χ1) is 14.5. The highest BCUT2D eigenvalue weighted by atomic mass is 16.2. The summed E-state index contributed by atoms with van der Waals surface area (Å²) in [6.45, 7) is 1.61. The molecule has 0 atom stereocenters. The van der Waals surface area contributed by atoms with Crippen LogP contribution in [0.15, 0.2) is 77.8 Å². The molecule has 3 heterocycles. The average Bonchev–Trinajstić information content (AvgIpc) is 3.21. The van der Waals surface area contributed by atoms with E-state index >= 15 is 0 Å². The molecule has 2 aromatic heterocycles. The molecule has 1 aliphatic rings. The SMILES string of the molecule is CC1=C(C#N)C(=O)N(C)C(=O)C1=Cc1cn(-c2ccccc2)nc1-c1ccncc1. The summed E-state index contributed by atoms with van der Waals surface area (Å²) in [5, 5.41) is 14.1. The predicted octanol–water partition coefficient (Wildman–Crippen LogP) is 3.16. The Morgan fingerprint density at radius 3 is 2.40 bits per heavy atom. The van der Waals surface area contributed by atoms with Crippen molar-refractivity contribution in [3.63, 3.8) is 0 Å². The molecule has 0 fully saturated rings. The second kappa shape index (κ2) is 7.60. The van der Waals surface area contributed by atoms with Crippen LogP contribution in [-0.2, 0) is 9.59 Å². The van der Waals surface area contributed by atoms with Crippen LogP contribution in [0.3, 0.4) is 0 Å². The molecule has 0 saturated heterocycles. The molecule has 0 radical (unpaired) electrons. The van der Waals surface area contributed by atoms with E-state index in [4.69, 9.17) is 5.10 Å². The summed E-state index contributed by atoms with van der Waals surface area (Å²) in [5.74, 6) is -1.05. The van der Waals surface area contributed by atoms with E-state index in [1.165, 1.54) is 7.05 Å². The molecular weight excluding hydrogens is 378 g/mol. The standard InChI is InChI=1S/C23H17N5O2/c1-15-19(22(29)27(2)23(30)20(15)13-24)12-17-14-28(18-6-4-3-5-7-18)26-21(17)16-8-10-25-11-9-16/h3-12,14H,1-2H3. The lowest BCUT2D eigenvalue weighted by Crippen LogP contribution is -2.39. The average molecular weight is 395 g/mol. The number of aromatic nitrogens is 3. The second-order valence-corrected chi connectivity index (χ2v) is 6.79. The highest BCUT2D eigenvalue weighted by molar-refractivity contribution is 6.19. The summed E-state index contributed by atoms with van der Waals surface area (Å²) in [6, 6.07) is 15.2. The summed E-state index contributed by atoms with van der Waals surface area (Å²) in [4.78, 5) is 30.0. The maximum atomic E-state index is 12.8. The smallest absolute Gasteiger partial charge is 0.271 e. The molecular formula is C23H17N5O2. The molecule has 0 bridgehead atoms. The van der Waals surface area contributed by atoms with Gasteiger partial charge in [0, 0.05) is 42.3 Å². The van der Waals surface area contributed by atoms with Gasteiger partial charge >= 0.3 is 0 Å². The van der Waals surface area contributed by atoms with Crippen molar-refractivity contribution < 1.29 is 9.59 Å². The molecule has 7 nitrogen and oxygen atoms in total. The van der Waals surface area contributed by atoms with E-state index in [9.17, 15) is 14.9 Å². The van der Waals surface area contributed by atoms with Gasteiger partial charge < -0.3 is 0 Å². The van der Waals surface area contributed by atoms with E-state index in [1.807, 2.05) is 54.7 Å². The molecule has 1 aromatic carbocycles. The topological polar surface area (TPSA) is 91.9 Å². The monoisotopic (exact) mass is 395 g/mol. The summed E-state index contributed by atoms with van der Waals surface area (Å²) < 4.78 is 1.73. The lowest BCUT2D eigenvalue weighted by molar-refractivity contribution is -0.138. The van der Waals surface area contributed by atoms with Crippen molar-refractivity contribution in [1.82, 2.24) is 19.7 Å². The first-order valence-corrected chi connectivity index (χ1v) is 9.22. The van der Waals surface area contributed by atoms with Crippen molar-refractivity contribution in [2.45, 2.75) is 6.92 Å². The fourth-order valence-corrected chi connectivity index (χ4v) is 3.29. The van der Waals surface area contributed by atoms with E-state index in [-0.39, 0.29) is 11.1 Å². The lowest BCUT2D eigenvalue weighted by atomic mass is 9.94. The fourth-order valence-electron chi connectivity index (χ4n) is 3.29. The Hall–Kier alpha value is -4.31. The van der Waals surface area contributed by atoms with Gasteiger partial charge in [-0.05, 0) is 42.8 Å². The number of pyridine rings is 1. The first kappa shape index (κ1) is 19.0. The largest absolute Gasteiger partial charge is 0.277 e. The molecule has 1 aliphatic heterocycles. The van der Waals surface area contributed by atoms with Gasteiger partial charge in [0.25, 0.3) is 11.8 Å². The summed E-state index contributed by atoms with van der Waals surface area (Å²) in [6.07, 6.45) is 6.84. The highest BCUT2D eigenvalue weighted by Gasteiger charge is 2.33. The van der Waals surface area contributed by atoms with Crippen molar-refractivity contribution in [3.8, 4) is 23.0 Å². The molecule has 3 aromatic rings. The fraction of sp³-hybridized carbons (Fsp3) is 0.0870. The third-order valence-electron chi connectivity index (χ3n) is 4.96. The molecule has 0 N–H and O–H groups in total. The number of likely N-dealkylation sites (N-methyl/N-ethyl adjacent to an activating group) is 1. The molecule has 0 saturated carbocycles. The predicted molar refractivity (Wildman–Crippen MR) is 111 cm³/mol. The van der Waals surface area contributed by atoms with E-state index in [2.05, 4.69) is 4.98 Å². The molecule has 0 spiro atoms. The van der Waals surface area contributed by atoms with Crippen LogP contribution in [0.5, 0.6) is 0 Å². The summed E-state index contributed by atoms with van der Waals surface area (Å²) in [7, 11) is 1.37. The van der Waals surface area contributed by atoms with Crippen molar-refractivity contribution in [3.05, 3.63) is 83.3 Å². The van der Waals surface area contributed by atoms with E-state index in [0.717, 1.165) is 16.2 Å².